The van der Waals surface area contributed by atoms with Crippen LogP contribution in [0.1, 0.15) is 23.8 Å². The van der Waals surface area contributed by atoms with Crippen molar-refractivity contribution in [1.82, 2.24) is 9.88 Å². The number of nitrogens with zero attached hydrogens (tertiary/aromatic N) is 2. The molecule has 0 radical (unpaired) electrons. The molecule has 3 aromatic rings. The third-order valence-corrected chi connectivity index (χ3v) is 6.91. The van der Waals surface area contributed by atoms with Gasteiger partial charge in [-0.1, -0.05) is 35.9 Å². The summed E-state index contributed by atoms with van der Waals surface area (Å²) in [6.07, 6.45) is 3.73. The predicted molar refractivity (Wildman–Crippen MR) is 128 cm³/mol. The topological polar surface area (TPSA) is 94.6 Å². The Bertz CT molecular complexity index is 1090. The van der Waals surface area contributed by atoms with Crippen LogP contribution < -0.4 is 10.6 Å². The van der Waals surface area contributed by atoms with Gasteiger partial charge in [0.05, 0.1) is 27.1 Å². The molecule has 0 atom stereocenters. The number of para-hydroxylation sites is 1. The van der Waals surface area contributed by atoms with Crippen molar-refractivity contribution >= 4 is 46.3 Å². The highest BCUT2D eigenvalue weighted by Crippen LogP contribution is 2.35. The van der Waals surface area contributed by atoms with E-state index in [9.17, 15) is 9.59 Å². The van der Waals surface area contributed by atoms with E-state index in [0.29, 0.717) is 22.3 Å². The van der Waals surface area contributed by atoms with Crippen LogP contribution in [0.25, 0.3) is 10.4 Å². The Morgan fingerprint density at radius 1 is 1.09 bits per heavy atom. The summed E-state index contributed by atoms with van der Waals surface area (Å²) in [4.78, 5) is 30.8. The molecule has 4 rings (SSSR count). The van der Waals surface area contributed by atoms with Crippen molar-refractivity contribution in [1.29, 1.82) is 0 Å². The molecule has 1 aromatic heterocycles. The Morgan fingerprint density at radius 3 is 2.50 bits per heavy atom. The SMILES string of the molecule is O=C(O)CN1CCC(c2ncc(-c3ccc(NC(=O)Nc4ccccc4Cl)cc3)s2)CC1. The number of benzene rings is 2. The predicted octanol–water partition coefficient (Wildman–Crippen LogP) is 5.37. The van der Waals surface area contributed by atoms with Gasteiger partial charge in [0, 0.05) is 17.8 Å². The van der Waals surface area contributed by atoms with Crippen LogP contribution in [0.3, 0.4) is 0 Å². The molecular weight excluding hydrogens is 448 g/mol. The summed E-state index contributed by atoms with van der Waals surface area (Å²) in [7, 11) is 0. The number of halogens is 1. The molecule has 0 aliphatic carbocycles. The summed E-state index contributed by atoms with van der Waals surface area (Å²) >= 11 is 7.74. The first-order chi connectivity index (χ1) is 15.5. The first kappa shape index (κ1) is 22.3. The maximum atomic E-state index is 12.2. The fourth-order valence-corrected chi connectivity index (χ4v) is 4.98. The zero-order valence-electron chi connectivity index (χ0n) is 17.3. The number of rotatable bonds is 6. The summed E-state index contributed by atoms with van der Waals surface area (Å²) in [5.41, 5.74) is 2.26. The van der Waals surface area contributed by atoms with Crippen molar-refractivity contribution in [3.05, 3.63) is 64.8 Å². The number of aliphatic carboxylic acids is 1. The van der Waals surface area contributed by atoms with Crippen molar-refractivity contribution in [3.63, 3.8) is 0 Å². The van der Waals surface area contributed by atoms with Gasteiger partial charge in [0.1, 0.15) is 0 Å². The number of hydrogen-bond donors (Lipinski definition) is 3. The van der Waals surface area contributed by atoms with Crippen molar-refractivity contribution in [2.75, 3.05) is 30.3 Å². The fourth-order valence-electron chi connectivity index (χ4n) is 3.70. The Kier molecular flexibility index (Phi) is 7.04. The summed E-state index contributed by atoms with van der Waals surface area (Å²) < 4.78 is 0. The molecule has 1 fully saturated rings. The number of urea groups is 1. The van der Waals surface area contributed by atoms with E-state index in [2.05, 4.69) is 15.6 Å². The molecule has 166 valence electrons. The highest BCUT2D eigenvalue weighted by molar-refractivity contribution is 7.15. The second kappa shape index (κ2) is 10.1. The average Bonchev–Trinajstić information content (AvgIpc) is 3.26. The normalized spacial score (nSPS) is 14.8. The lowest BCUT2D eigenvalue weighted by Crippen LogP contribution is -2.36. The highest BCUT2D eigenvalue weighted by atomic mass is 35.5. The number of aromatic nitrogens is 1. The van der Waals surface area contributed by atoms with E-state index in [-0.39, 0.29) is 12.6 Å². The molecule has 9 heteroatoms. The molecule has 0 saturated carbocycles. The van der Waals surface area contributed by atoms with Crippen LogP contribution in [0.2, 0.25) is 5.02 Å². The van der Waals surface area contributed by atoms with Crippen LogP contribution in [0.5, 0.6) is 0 Å². The standard InChI is InChI=1S/C23H23ClN4O3S/c24-18-3-1-2-4-19(18)27-23(31)26-17-7-5-15(6-8-17)20-13-25-22(32-20)16-9-11-28(12-10-16)14-21(29)30/h1-8,13,16H,9-12,14H2,(H,29,30)(H2,26,27,31). The smallest absolute Gasteiger partial charge is 0.323 e. The number of carboxylic acids is 1. The Balaban J connectivity index is 1.34. The number of amides is 2. The second-order valence-electron chi connectivity index (χ2n) is 7.64. The number of thiazole rings is 1. The number of nitrogens with one attached hydrogen (secondary N) is 2. The summed E-state index contributed by atoms with van der Waals surface area (Å²) in [6, 6.07) is 14.3. The molecule has 2 aromatic carbocycles. The summed E-state index contributed by atoms with van der Waals surface area (Å²) in [5, 5.41) is 16.0. The van der Waals surface area contributed by atoms with Crippen LogP contribution in [0, 0.1) is 0 Å². The molecule has 2 heterocycles. The summed E-state index contributed by atoms with van der Waals surface area (Å²) in [6.45, 7) is 1.66. The third kappa shape index (κ3) is 5.64. The quantitative estimate of drug-likeness (QED) is 0.450. The van der Waals surface area contributed by atoms with E-state index in [0.717, 1.165) is 41.4 Å². The van der Waals surface area contributed by atoms with E-state index < -0.39 is 5.97 Å². The molecule has 32 heavy (non-hydrogen) atoms. The lowest BCUT2D eigenvalue weighted by molar-refractivity contribution is -0.138. The molecule has 1 aliphatic rings. The minimum Gasteiger partial charge on any atom is -0.480 e. The van der Waals surface area contributed by atoms with Gasteiger partial charge < -0.3 is 15.7 Å². The second-order valence-corrected chi connectivity index (χ2v) is 9.11. The molecule has 3 N–H and O–H groups in total. The van der Waals surface area contributed by atoms with Gasteiger partial charge in [0.2, 0.25) is 0 Å². The van der Waals surface area contributed by atoms with Gasteiger partial charge in [-0.05, 0) is 55.8 Å². The molecule has 7 nitrogen and oxygen atoms in total. The van der Waals surface area contributed by atoms with Gasteiger partial charge >= 0.3 is 12.0 Å². The van der Waals surface area contributed by atoms with E-state index in [1.165, 1.54) is 0 Å². The number of hydrogen-bond acceptors (Lipinski definition) is 5. The van der Waals surface area contributed by atoms with Crippen molar-refractivity contribution in [3.8, 4) is 10.4 Å². The number of piperidine rings is 1. The molecule has 0 unspecified atom stereocenters. The molecule has 1 saturated heterocycles. The van der Waals surface area contributed by atoms with Gasteiger partial charge in [-0.25, -0.2) is 9.78 Å². The van der Waals surface area contributed by atoms with Gasteiger partial charge in [0.25, 0.3) is 0 Å². The lowest BCUT2D eigenvalue weighted by atomic mass is 9.98. The van der Waals surface area contributed by atoms with Gasteiger partial charge in [-0.3, -0.25) is 9.69 Å². The van der Waals surface area contributed by atoms with Gasteiger partial charge in [0.15, 0.2) is 0 Å². The van der Waals surface area contributed by atoms with Gasteiger partial charge in [-0.2, -0.15) is 0 Å². The number of carbonyl (C=O) groups excluding carboxylic acids is 1. The average molecular weight is 471 g/mol. The van der Waals surface area contributed by atoms with Crippen molar-refractivity contribution in [2.45, 2.75) is 18.8 Å². The Hall–Kier alpha value is -2.94. The molecule has 0 spiro atoms. The zero-order chi connectivity index (χ0) is 22.5. The number of anilines is 2. The third-order valence-electron chi connectivity index (χ3n) is 5.37. The minimum absolute atomic E-state index is 0.104. The Labute approximate surface area is 195 Å². The van der Waals surface area contributed by atoms with Crippen molar-refractivity contribution < 1.29 is 14.7 Å². The van der Waals surface area contributed by atoms with Gasteiger partial charge in [-0.15, -0.1) is 11.3 Å². The molecule has 1 aliphatic heterocycles. The maximum absolute atomic E-state index is 12.2. The van der Waals surface area contributed by atoms with Crippen LogP contribution >= 0.6 is 22.9 Å². The van der Waals surface area contributed by atoms with E-state index >= 15 is 0 Å². The van der Waals surface area contributed by atoms with E-state index in [1.807, 2.05) is 35.4 Å². The lowest BCUT2D eigenvalue weighted by Gasteiger charge is -2.29. The van der Waals surface area contributed by atoms with Crippen LogP contribution in [-0.4, -0.2) is 46.6 Å². The fraction of sp³-hybridized carbons (Fsp3) is 0.261. The maximum Gasteiger partial charge on any atom is 0.323 e. The number of likely N-dealkylation sites (tertiary alicyclic amines) is 1. The minimum atomic E-state index is -0.778. The van der Waals surface area contributed by atoms with E-state index in [1.54, 1.807) is 35.6 Å². The molecule has 2 amide bonds. The monoisotopic (exact) mass is 470 g/mol. The first-order valence-corrected chi connectivity index (χ1v) is 11.5. The molecular formula is C23H23ClN4O3S. The van der Waals surface area contributed by atoms with Crippen LogP contribution in [0.15, 0.2) is 54.7 Å². The van der Waals surface area contributed by atoms with Crippen LogP contribution in [-0.2, 0) is 4.79 Å². The Morgan fingerprint density at radius 2 is 1.81 bits per heavy atom. The van der Waals surface area contributed by atoms with Crippen molar-refractivity contribution in [2.24, 2.45) is 0 Å². The molecule has 0 bridgehead atoms. The first-order valence-electron chi connectivity index (χ1n) is 10.3. The highest BCUT2D eigenvalue weighted by Gasteiger charge is 2.24. The largest absolute Gasteiger partial charge is 0.480 e. The number of carboxylic acid groups (broad SMARTS) is 1. The van der Waals surface area contributed by atoms with E-state index in [4.69, 9.17) is 16.7 Å². The number of carbonyl (C=O) groups is 2. The van der Waals surface area contributed by atoms with Crippen LogP contribution in [0.4, 0.5) is 16.2 Å². The summed E-state index contributed by atoms with van der Waals surface area (Å²) in [5.74, 6) is -0.410. The zero-order valence-corrected chi connectivity index (χ0v) is 18.8.